The zero-order valence-corrected chi connectivity index (χ0v) is 14.9. The van der Waals surface area contributed by atoms with E-state index in [1.807, 2.05) is 35.0 Å². The maximum absolute atomic E-state index is 10.8. The van der Waals surface area contributed by atoms with Gasteiger partial charge in [-0.25, -0.2) is 4.98 Å². The fraction of sp³-hybridized carbons (Fsp3) is 0.167. The zero-order chi connectivity index (χ0) is 18.4. The van der Waals surface area contributed by atoms with Crippen molar-refractivity contribution in [3.05, 3.63) is 71.0 Å². The van der Waals surface area contributed by atoms with Gasteiger partial charge in [-0.3, -0.25) is 14.7 Å². The van der Waals surface area contributed by atoms with Crippen molar-refractivity contribution in [2.45, 2.75) is 5.16 Å². The molecule has 0 atom stereocenters. The fourth-order valence-electron chi connectivity index (χ4n) is 2.33. The first-order valence-corrected chi connectivity index (χ1v) is 8.84. The standard InChI is InChI=1S/C18H17N3O4S/c1-24-16-6-2-4-14(12-16)20-9-8-19-18(20)26-11-10-25-17-7-3-5-15(13-17)21(22)23/h2-9,12-13H,10-11H2,1H3. The Hall–Kier alpha value is -3.00. The molecule has 3 aromatic rings. The van der Waals surface area contributed by atoms with Crippen LogP contribution < -0.4 is 9.47 Å². The molecule has 0 unspecified atom stereocenters. The van der Waals surface area contributed by atoms with Crippen molar-refractivity contribution in [2.75, 3.05) is 19.5 Å². The van der Waals surface area contributed by atoms with Gasteiger partial charge in [0.05, 0.1) is 30.4 Å². The van der Waals surface area contributed by atoms with Crippen LogP contribution in [-0.2, 0) is 0 Å². The maximum atomic E-state index is 10.8. The molecule has 0 spiro atoms. The van der Waals surface area contributed by atoms with Crippen LogP contribution in [0, 0.1) is 10.1 Å². The highest BCUT2D eigenvalue weighted by Crippen LogP contribution is 2.24. The van der Waals surface area contributed by atoms with E-state index in [1.165, 1.54) is 12.1 Å². The van der Waals surface area contributed by atoms with E-state index >= 15 is 0 Å². The molecule has 1 heterocycles. The average molecular weight is 371 g/mol. The second-order valence-electron chi connectivity index (χ2n) is 5.23. The Labute approximate surface area is 154 Å². The van der Waals surface area contributed by atoms with Gasteiger partial charge in [0.2, 0.25) is 0 Å². The van der Waals surface area contributed by atoms with Crippen molar-refractivity contribution < 1.29 is 14.4 Å². The smallest absolute Gasteiger partial charge is 0.273 e. The summed E-state index contributed by atoms with van der Waals surface area (Å²) in [4.78, 5) is 14.7. The summed E-state index contributed by atoms with van der Waals surface area (Å²) in [6.07, 6.45) is 3.63. The molecule has 3 rings (SSSR count). The molecule has 8 heteroatoms. The zero-order valence-electron chi connectivity index (χ0n) is 14.1. The quantitative estimate of drug-likeness (QED) is 0.258. The van der Waals surface area contributed by atoms with Crippen molar-refractivity contribution in [1.82, 2.24) is 9.55 Å². The maximum Gasteiger partial charge on any atom is 0.273 e. The first-order valence-electron chi connectivity index (χ1n) is 7.85. The molecule has 0 bridgehead atoms. The summed E-state index contributed by atoms with van der Waals surface area (Å²) in [5.74, 6) is 1.92. The van der Waals surface area contributed by atoms with E-state index < -0.39 is 4.92 Å². The summed E-state index contributed by atoms with van der Waals surface area (Å²) in [6.45, 7) is 0.413. The molecule has 0 saturated carbocycles. The molecule has 0 amide bonds. The number of hydrogen-bond donors (Lipinski definition) is 0. The van der Waals surface area contributed by atoms with Gasteiger partial charge in [-0.1, -0.05) is 23.9 Å². The van der Waals surface area contributed by atoms with E-state index in [0.29, 0.717) is 18.1 Å². The summed E-state index contributed by atoms with van der Waals surface area (Å²) in [6, 6.07) is 13.9. The Morgan fingerprint density at radius 1 is 1.19 bits per heavy atom. The molecule has 0 aliphatic rings. The van der Waals surface area contributed by atoms with Gasteiger partial charge in [0, 0.05) is 30.3 Å². The Morgan fingerprint density at radius 2 is 2.00 bits per heavy atom. The minimum atomic E-state index is -0.438. The molecular weight excluding hydrogens is 354 g/mol. The molecule has 7 nitrogen and oxygen atoms in total. The van der Waals surface area contributed by atoms with Crippen LogP contribution in [0.4, 0.5) is 5.69 Å². The van der Waals surface area contributed by atoms with Crippen LogP contribution in [0.1, 0.15) is 0 Å². The number of hydrogen-bond acceptors (Lipinski definition) is 6. The monoisotopic (exact) mass is 371 g/mol. The molecule has 134 valence electrons. The number of methoxy groups -OCH3 is 1. The van der Waals surface area contributed by atoms with E-state index in [4.69, 9.17) is 9.47 Å². The van der Waals surface area contributed by atoms with Crippen LogP contribution in [0.3, 0.4) is 0 Å². The van der Waals surface area contributed by atoms with Crippen molar-refractivity contribution >= 4 is 17.4 Å². The van der Waals surface area contributed by atoms with Gasteiger partial charge in [0.1, 0.15) is 11.5 Å². The summed E-state index contributed by atoms with van der Waals surface area (Å²) in [5.41, 5.74) is 0.979. The number of thioether (sulfide) groups is 1. The van der Waals surface area contributed by atoms with Crippen LogP contribution in [0.5, 0.6) is 11.5 Å². The lowest BCUT2D eigenvalue weighted by Crippen LogP contribution is -2.02. The Bertz CT molecular complexity index is 897. The highest BCUT2D eigenvalue weighted by Gasteiger charge is 2.08. The number of ether oxygens (including phenoxy) is 2. The number of benzene rings is 2. The lowest BCUT2D eigenvalue weighted by molar-refractivity contribution is -0.384. The fourth-order valence-corrected chi connectivity index (χ4v) is 3.12. The number of nitro benzene ring substituents is 1. The summed E-state index contributed by atoms with van der Waals surface area (Å²) in [5, 5.41) is 11.6. The van der Waals surface area contributed by atoms with Crippen molar-refractivity contribution in [1.29, 1.82) is 0 Å². The average Bonchev–Trinajstić information content (AvgIpc) is 3.14. The number of aromatic nitrogens is 2. The lowest BCUT2D eigenvalue weighted by atomic mass is 10.3. The van der Waals surface area contributed by atoms with E-state index in [1.54, 1.807) is 37.2 Å². The highest BCUT2D eigenvalue weighted by atomic mass is 32.2. The highest BCUT2D eigenvalue weighted by molar-refractivity contribution is 7.99. The Morgan fingerprint density at radius 3 is 2.81 bits per heavy atom. The Kier molecular flexibility index (Phi) is 5.75. The largest absolute Gasteiger partial charge is 0.497 e. The minimum Gasteiger partial charge on any atom is -0.497 e. The van der Waals surface area contributed by atoms with Gasteiger partial charge in [-0.2, -0.15) is 0 Å². The predicted octanol–water partition coefficient (Wildman–Crippen LogP) is 3.96. The summed E-state index contributed by atoms with van der Waals surface area (Å²) >= 11 is 1.54. The number of nitrogens with zero attached hydrogens (tertiary/aromatic N) is 3. The van der Waals surface area contributed by atoms with Gasteiger partial charge >= 0.3 is 0 Å². The minimum absolute atomic E-state index is 0.0173. The molecule has 0 aliphatic carbocycles. The van der Waals surface area contributed by atoms with Gasteiger partial charge in [0.25, 0.3) is 5.69 Å². The number of nitro groups is 1. The molecule has 26 heavy (non-hydrogen) atoms. The number of non-ortho nitro benzene ring substituents is 1. The predicted molar refractivity (Wildman–Crippen MR) is 99.4 cm³/mol. The van der Waals surface area contributed by atoms with Gasteiger partial charge in [-0.15, -0.1) is 0 Å². The van der Waals surface area contributed by atoms with Gasteiger partial charge in [0.15, 0.2) is 5.16 Å². The first kappa shape index (κ1) is 17.8. The molecule has 0 N–H and O–H groups in total. The van der Waals surface area contributed by atoms with Crippen molar-refractivity contribution in [2.24, 2.45) is 0 Å². The number of imidazole rings is 1. The molecule has 0 fully saturated rings. The molecule has 2 aromatic carbocycles. The first-order chi connectivity index (χ1) is 12.7. The third-order valence-electron chi connectivity index (χ3n) is 3.55. The van der Waals surface area contributed by atoms with E-state index in [0.717, 1.165) is 16.6 Å². The van der Waals surface area contributed by atoms with Gasteiger partial charge in [-0.05, 0) is 18.2 Å². The molecule has 0 radical (unpaired) electrons. The van der Waals surface area contributed by atoms with E-state index in [9.17, 15) is 10.1 Å². The SMILES string of the molecule is COc1cccc(-n2ccnc2SCCOc2cccc([N+](=O)[O-])c2)c1. The summed E-state index contributed by atoms with van der Waals surface area (Å²) < 4.78 is 12.8. The van der Waals surface area contributed by atoms with Crippen LogP contribution in [0.25, 0.3) is 5.69 Å². The topological polar surface area (TPSA) is 79.4 Å². The second-order valence-corrected chi connectivity index (χ2v) is 6.29. The van der Waals surface area contributed by atoms with Crippen LogP contribution >= 0.6 is 11.8 Å². The van der Waals surface area contributed by atoms with Crippen LogP contribution in [0.2, 0.25) is 0 Å². The third-order valence-corrected chi connectivity index (χ3v) is 4.48. The molecule has 1 aromatic heterocycles. The van der Waals surface area contributed by atoms with E-state index in [-0.39, 0.29) is 5.69 Å². The number of rotatable bonds is 8. The van der Waals surface area contributed by atoms with Crippen LogP contribution in [-0.4, -0.2) is 33.9 Å². The van der Waals surface area contributed by atoms with Crippen molar-refractivity contribution in [3.63, 3.8) is 0 Å². The molecule has 0 aliphatic heterocycles. The van der Waals surface area contributed by atoms with Crippen molar-refractivity contribution in [3.8, 4) is 17.2 Å². The van der Waals surface area contributed by atoms with Crippen LogP contribution in [0.15, 0.2) is 66.1 Å². The Balaban J connectivity index is 1.59. The molecule has 0 saturated heterocycles. The molecular formula is C18H17N3O4S. The summed E-state index contributed by atoms with van der Waals surface area (Å²) in [7, 11) is 1.63. The van der Waals surface area contributed by atoms with E-state index in [2.05, 4.69) is 4.98 Å². The second kappa shape index (κ2) is 8.39. The lowest BCUT2D eigenvalue weighted by Gasteiger charge is -2.09. The third kappa shape index (κ3) is 4.34. The van der Waals surface area contributed by atoms with Gasteiger partial charge < -0.3 is 9.47 Å². The normalized spacial score (nSPS) is 10.5.